The van der Waals surface area contributed by atoms with Crippen LogP contribution in [0.2, 0.25) is 0 Å². The first kappa shape index (κ1) is 21.9. The maximum Gasteiger partial charge on any atom is 0.493 e. The average molecular weight is 452 g/mol. The zero-order chi connectivity index (χ0) is 19.1. The van der Waals surface area contributed by atoms with E-state index in [-0.39, 0.29) is 0 Å². The summed E-state index contributed by atoms with van der Waals surface area (Å²) in [5.41, 5.74) is 0. The molecule has 0 spiro atoms. The topological polar surface area (TPSA) is 36.9 Å². The molecule has 140 valence electrons. The number of halogens is 12. The van der Waals surface area contributed by atoms with E-state index in [0.29, 0.717) is 0 Å². The van der Waals surface area contributed by atoms with Crippen LogP contribution in [0.15, 0.2) is 0 Å². The van der Waals surface area contributed by atoms with Gasteiger partial charge in [0.2, 0.25) is 0 Å². The first-order chi connectivity index (χ1) is 10.4. The van der Waals surface area contributed by atoms with Crippen molar-refractivity contribution >= 4 is 37.1 Å². The molecule has 0 bridgehead atoms. The second-order valence-electron chi connectivity index (χ2n) is 3.55. The molecule has 1 fully saturated rings. The van der Waals surface area contributed by atoms with Crippen molar-refractivity contribution in [3.8, 4) is 0 Å². The second-order valence-corrected chi connectivity index (χ2v) is 11.4. The van der Waals surface area contributed by atoms with Gasteiger partial charge in [0, 0.05) is 0 Å². The first-order valence-corrected chi connectivity index (χ1v) is 10.2. The molecule has 1 rings (SSSR count). The maximum absolute atomic E-state index is 12.5. The molecule has 20 heteroatoms. The van der Waals surface area contributed by atoms with Crippen LogP contribution in [0.3, 0.4) is 0 Å². The van der Waals surface area contributed by atoms with Crippen molar-refractivity contribution in [2.75, 3.05) is 0 Å². The van der Waals surface area contributed by atoms with Gasteiger partial charge in [0.25, 0.3) is 0 Å². The molecule has 1 heterocycles. The Morgan fingerprint density at radius 1 is 0.333 bits per heavy atom. The molecular formula is C4F12O4Si4. The van der Waals surface area contributed by atoms with Gasteiger partial charge >= 0.3 is 60.3 Å². The molecule has 24 heavy (non-hydrogen) atoms. The van der Waals surface area contributed by atoms with Crippen LogP contribution in [-0.4, -0.2) is 60.3 Å². The van der Waals surface area contributed by atoms with E-state index >= 15 is 0 Å². The summed E-state index contributed by atoms with van der Waals surface area (Å²) in [6.07, 6.45) is 0. The normalized spacial score (nSPS) is 22.5. The predicted molar refractivity (Wildman–Crippen MR) is 51.6 cm³/mol. The third kappa shape index (κ3) is 5.99. The molecule has 0 aliphatic carbocycles. The van der Waals surface area contributed by atoms with E-state index in [4.69, 9.17) is 0 Å². The fraction of sp³-hybridized carbons (Fsp3) is 1.00. The molecule has 0 aromatic heterocycles. The molecule has 1 aliphatic rings. The second kappa shape index (κ2) is 6.88. The van der Waals surface area contributed by atoms with Gasteiger partial charge < -0.3 is 16.5 Å². The summed E-state index contributed by atoms with van der Waals surface area (Å²) in [5.74, 6) is -23.2. The number of hydrogen-bond donors (Lipinski definition) is 0. The van der Waals surface area contributed by atoms with Gasteiger partial charge in [-0.1, -0.05) is 0 Å². The SMILES string of the molecule is FC(F)(F)[Si]1O[Si](C(F)(F)F)O[Si](C(F)(F)F)O[Si](C(F)(F)F)O1. The van der Waals surface area contributed by atoms with Crippen LogP contribution >= 0.6 is 0 Å². The third-order valence-corrected chi connectivity index (χ3v) is 9.45. The van der Waals surface area contributed by atoms with Gasteiger partial charge in [-0.05, 0) is 0 Å². The molecule has 1 aliphatic heterocycles. The summed E-state index contributed by atoms with van der Waals surface area (Å²) in [7, 11) is -21.2. The molecule has 0 aromatic rings. The Balaban J connectivity index is 3.24. The summed E-state index contributed by atoms with van der Waals surface area (Å²) >= 11 is 0. The zero-order valence-electron chi connectivity index (χ0n) is 10.2. The van der Waals surface area contributed by atoms with Crippen LogP contribution in [0.4, 0.5) is 52.7 Å². The van der Waals surface area contributed by atoms with Crippen LogP contribution in [0.1, 0.15) is 0 Å². The smallest absolute Gasteiger partial charge is 0.402 e. The highest BCUT2D eigenvalue weighted by molar-refractivity contribution is 6.76. The number of rotatable bonds is 0. The third-order valence-electron chi connectivity index (χ3n) is 1.67. The standard InChI is InChI=1S/C4F12O4Si4/c5-1(6,7)21-17-22(2(8,9)10)19-24(4(14,15)16)20-23(18-21)3(11,12)13. The summed E-state index contributed by atoms with van der Waals surface area (Å²) in [5, 5.41) is 0. The fourth-order valence-corrected chi connectivity index (χ4v) is 9.45. The minimum absolute atomic E-state index is 3.35. The van der Waals surface area contributed by atoms with E-state index < -0.39 is 60.3 Å². The Morgan fingerprint density at radius 3 is 0.542 bits per heavy atom. The van der Waals surface area contributed by atoms with Crippen LogP contribution in [-0.2, 0) is 16.5 Å². The molecular weight excluding hydrogens is 452 g/mol. The van der Waals surface area contributed by atoms with Crippen molar-refractivity contribution in [1.82, 2.24) is 0 Å². The molecule has 0 N–H and O–H groups in total. The molecule has 0 unspecified atom stereocenters. The van der Waals surface area contributed by atoms with Gasteiger partial charge in [0.15, 0.2) is 0 Å². The number of alkyl halides is 12. The van der Waals surface area contributed by atoms with Crippen molar-refractivity contribution < 1.29 is 69.1 Å². The minimum atomic E-state index is -5.80. The highest BCUT2D eigenvalue weighted by Crippen LogP contribution is 2.35. The van der Waals surface area contributed by atoms with Crippen molar-refractivity contribution in [3.05, 3.63) is 0 Å². The largest absolute Gasteiger partial charge is 0.493 e. The molecule has 0 saturated carbocycles. The Hall–Kier alpha value is -0.132. The Kier molecular flexibility index (Phi) is 6.28. The van der Waals surface area contributed by atoms with E-state index in [1.165, 1.54) is 0 Å². The lowest BCUT2D eigenvalue weighted by Crippen LogP contribution is -2.63. The van der Waals surface area contributed by atoms with Crippen LogP contribution in [0.5, 0.6) is 0 Å². The Labute approximate surface area is 130 Å². The van der Waals surface area contributed by atoms with Crippen LogP contribution < -0.4 is 0 Å². The molecule has 0 amide bonds. The lowest BCUT2D eigenvalue weighted by molar-refractivity contribution is -0.113. The molecule has 0 atom stereocenters. The zero-order valence-corrected chi connectivity index (χ0v) is 14.2. The van der Waals surface area contributed by atoms with Gasteiger partial charge in [0.05, 0.1) is 0 Å². The van der Waals surface area contributed by atoms with Crippen LogP contribution in [0.25, 0.3) is 0 Å². The van der Waals surface area contributed by atoms with Crippen molar-refractivity contribution in [1.29, 1.82) is 0 Å². The number of hydrogen-bond acceptors (Lipinski definition) is 4. The van der Waals surface area contributed by atoms with Crippen molar-refractivity contribution in [2.45, 2.75) is 23.2 Å². The van der Waals surface area contributed by atoms with Gasteiger partial charge in [-0.2, -0.15) is 52.7 Å². The summed E-state index contributed by atoms with van der Waals surface area (Å²) < 4.78 is 163. The quantitative estimate of drug-likeness (QED) is 0.418. The van der Waals surface area contributed by atoms with E-state index in [9.17, 15) is 52.7 Å². The Bertz CT molecular complexity index is 343. The predicted octanol–water partition coefficient (Wildman–Crippen LogP) is 2.43. The lowest BCUT2D eigenvalue weighted by atomic mass is 11.5. The van der Waals surface area contributed by atoms with Crippen molar-refractivity contribution in [2.24, 2.45) is 0 Å². The van der Waals surface area contributed by atoms with E-state index in [1.807, 2.05) is 0 Å². The minimum Gasteiger partial charge on any atom is -0.402 e. The van der Waals surface area contributed by atoms with E-state index in [0.717, 1.165) is 0 Å². The first-order valence-electron chi connectivity index (χ1n) is 4.90. The van der Waals surface area contributed by atoms with E-state index in [1.54, 1.807) is 0 Å². The summed E-state index contributed by atoms with van der Waals surface area (Å²) in [6.45, 7) is 0. The van der Waals surface area contributed by atoms with Crippen LogP contribution in [0, 0.1) is 0 Å². The lowest BCUT2D eigenvalue weighted by Gasteiger charge is -2.32. The van der Waals surface area contributed by atoms with Crippen molar-refractivity contribution in [3.63, 3.8) is 0 Å². The van der Waals surface area contributed by atoms with Gasteiger partial charge in [-0.15, -0.1) is 0 Å². The van der Waals surface area contributed by atoms with E-state index in [2.05, 4.69) is 16.5 Å². The maximum atomic E-state index is 12.5. The molecule has 1 saturated heterocycles. The van der Waals surface area contributed by atoms with Gasteiger partial charge in [0.1, 0.15) is 0 Å². The summed E-state index contributed by atoms with van der Waals surface area (Å²) in [4.78, 5) is 0. The monoisotopic (exact) mass is 452 g/mol. The fourth-order valence-electron chi connectivity index (χ4n) is 0.883. The highest BCUT2D eigenvalue weighted by Gasteiger charge is 2.67. The van der Waals surface area contributed by atoms with Gasteiger partial charge in [-0.3, -0.25) is 0 Å². The summed E-state index contributed by atoms with van der Waals surface area (Å²) in [6, 6.07) is 0. The molecule has 0 aromatic carbocycles. The molecule has 4 radical (unpaired) electrons. The highest BCUT2D eigenvalue weighted by atomic mass is 28.5. The van der Waals surface area contributed by atoms with Gasteiger partial charge in [-0.25, -0.2) is 0 Å². The molecule has 4 nitrogen and oxygen atoms in total. The Morgan fingerprint density at radius 2 is 0.458 bits per heavy atom. The average Bonchev–Trinajstić information content (AvgIpc) is 2.20.